The van der Waals surface area contributed by atoms with Crippen LogP contribution in [0.2, 0.25) is 0 Å². The van der Waals surface area contributed by atoms with Crippen LogP contribution in [0.5, 0.6) is 0 Å². The van der Waals surface area contributed by atoms with Crippen molar-refractivity contribution in [1.29, 1.82) is 0 Å². The Morgan fingerprint density at radius 3 is 1.89 bits per heavy atom. The minimum atomic E-state index is 0. The van der Waals surface area contributed by atoms with Crippen LogP contribution in [0, 0.1) is 6.08 Å². The van der Waals surface area contributed by atoms with Gasteiger partial charge in [-0.25, -0.2) is 11.6 Å². The van der Waals surface area contributed by atoms with Crippen LogP contribution in [0.3, 0.4) is 0 Å². The molecular formula is C24H23Cl2Zr-. The molecule has 3 heteroatoms. The Hall–Kier alpha value is -1.27. The maximum absolute atomic E-state index is 3.32. The van der Waals surface area contributed by atoms with Crippen LogP contribution >= 0.6 is 24.8 Å². The van der Waals surface area contributed by atoms with E-state index >= 15 is 0 Å². The van der Waals surface area contributed by atoms with E-state index in [2.05, 4.69) is 97.1 Å². The second kappa shape index (κ2) is 13.0. The topological polar surface area (TPSA) is 0 Å². The van der Waals surface area contributed by atoms with E-state index in [0.717, 1.165) is 19.3 Å². The van der Waals surface area contributed by atoms with Gasteiger partial charge in [0.1, 0.15) is 0 Å². The third-order valence-corrected chi connectivity index (χ3v) is 5.58. The quantitative estimate of drug-likeness (QED) is 0.439. The molecule has 0 aliphatic heterocycles. The molecule has 27 heavy (non-hydrogen) atoms. The molecule has 0 N–H and O–H groups in total. The van der Waals surface area contributed by atoms with E-state index in [4.69, 9.17) is 0 Å². The molecule has 2 aliphatic carbocycles. The number of halogens is 2. The summed E-state index contributed by atoms with van der Waals surface area (Å²) in [7, 11) is 0. The van der Waals surface area contributed by atoms with E-state index in [1.54, 1.807) is 0 Å². The Kier molecular flexibility index (Phi) is 11.4. The third kappa shape index (κ3) is 7.70. The second-order valence-corrected chi connectivity index (χ2v) is 7.28. The zero-order chi connectivity index (χ0) is 17.3. The average molecular weight is 474 g/mol. The monoisotopic (exact) mass is 471 g/mol. The summed E-state index contributed by atoms with van der Waals surface area (Å²) in [6.45, 7) is 0. The number of hydrogen-bond acceptors (Lipinski definition) is 0. The molecule has 2 aliphatic rings. The molecule has 2 aromatic carbocycles. The summed E-state index contributed by atoms with van der Waals surface area (Å²) in [4.78, 5) is 0. The van der Waals surface area contributed by atoms with Gasteiger partial charge < -0.3 is 0 Å². The molecule has 0 nitrogen and oxygen atoms in total. The molecule has 138 valence electrons. The first-order chi connectivity index (χ1) is 12.3. The van der Waals surface area contributed by atoms with Crippen LogP contribution in [-0.2, 0) is 24.2 Å². The van der Waals surface area contributed by atoms with Crippen molar-refractivity contribution in [2.24, 2.45) is 0 Å². The van der Waals surface area contributed by atoms with Crippen LogP contribution in [0.1, 0.15) is 30.4 Å². The number of hydrogen-bond donors (Lipinski definition) is 0. The molecule has 2 aromatic rings. The first-order valence-corrected chi connectivity index (χ1v) is 9.86. The Morgan fingerprint density at radius 2 is 1.44 bits per heavy atom. The molecule has 0 fully saturated rings. The molecule has 0 saturated carbocycles. The standard InChI is InChI=1S/C13H10.C11H11.2ClH.Zr/c1-3-7-12(8-4-1)11-13-9-5-2-6-10-13;1-2-6-10(5-1)9-11-7-3-4-8-11;;;/h1-10H;1-3,5,7H,4,6,9H2;2*1H;/q;-1;;;. The molecule has 0 radical (unpaired) electrons. The summed E-state index contributed by atoms with van der Waals surface area (Å²) in [5.41, 5.74) is 5.54. The second-order valence-electron chi connectivity index (χ2n) is 6.05. The maximum atomic E-state index is 3.32. The van der Waals surface area contributed by atoms with Gasteiger partial charge in [0.05, 0.1) is 0 Å². The Labute approximate surface area is 189 Å². The fourth-order valence-electron chi connectivity index (χ4n) is 2.82. The molecular weight excluding hydrogens is 450 g/mol. The van der Waals surface area contributed by atoms with Crippen molar-refractivity contribution >= 4 is 28.0 Å². The van der Waals surface area contributed by atoms with Crippen LogP contribution in [0.25, 0.3) is 0 Å². The van der Waals surface area contributed by atoms with E-state index < -0.39 is 0 Å². The van der Waals surface area contributed by atoms with Crippen molar-refractivity contribution in [1.82, 2.24) is 0 Å². The first kappa shape index (κ1) is 23.8. The number of benzene rings is 2. The summed E-state index contributed by atoms with van der Waals surface area (Å²) in [6, 6.07) is 21.1. The Balaban J connectivity index is 0.000000257. The minimum absolute atomic E-state index is 0. The molecule has 4 rings (SSSR count). The summed E-state index contributed by atoms with van der Waals surface area (Å²) >= 11 is 1.46. The van der Waals surface area contributed by atoms with Crippen molar-refractivity contribution in [2.45, 2.75) is 19.3 Å². The van der Waals surface area contributed by atoms with Crippen molar-refractivity contribution in [2.75, 3.05) is 0 Å². The van der Waals surface area contributed by atoms with Gasteiger partial charge in [-0.15, -0.1) is 31.2 Å². The van der Waals surface area contributed by atoms with E-state index in [0.29, 0.717) is 0 Å². The fraction of sp³-hybridized carbons (Fsp3) is 0.125. The average Bonchev–Trinajstić information content (AvgIpc) is 3.38. The van der Waals surface area contributed by atoms with Gasteiger partial charge >= 0.3 is 99.2 Å². The van der Waals surface area contributed by atoms with E-state index in [1.807, 2.05) is 0 Å². The fourth-order valence-corrected chi connectivity index (χ4v) is 3.63. The number of allylic oxidation sites excluding steroid dienone is 8. The van der Waals surface area contributed by atoms with E-state index in [9.17, 15) is 0 Å². The molecule has 0 heterocycles. The van der Waals surface area contributed by atoms with Crippen molar-refractivity contribution in [3.63, 3.8) is 0 Å². The van der Waals surface area contributed by atoms with Crippen LogP contribution in [-0.4, -0.2) is 3.21 Å². The van der Waals surface area contributed by atoms with Gasteiger partial charge in [0.15, 0.2) is 0 Å². The van der Waals surface area contributed by atoms with Gasteiger partial charge in [-0.1, -0.05) is 23.8 Å². The van der Waals surface area contributed by atoms with Crippen LogP contribution < -0.4 is 0 Å². The van der Waals surface area contributed by atoms with Gasteiger partial charge in [-0.05, 0) is 12.8 Å². The van der Waals surface area contributed by atoms with Crippen LogP contribution in [0.15, 0.2) is 102 Å². The molecule has 0 amide bonds. The third-order valence-electron chi connectivity index (χ3n) is 4.16. The first-order valence-electron chi connectivity index (χ1n) is 8.63. The van der Waals surface area contributed by atoms with E-state index in [1.165, 1.54) is 49.7 Å². The normalized spacial score (nSPS) is 13.4. The summed E-state index contributed by atoms with van der Waals surface area (Å²) < 4.78 is 1.42. The predicted octanol–water partition coefficient (Wildman–Crippen LogP) is 6.60. The van der Waals surface area contributed by atoms with Crippen molar-refractivity contribution < 1.29 is 24.2 Å². The van der Waals surface area contributed by atoms with Crippen molar-refractivity contribution in [3.05, 3.63) is 119 Å². The van der Waals surface area contributed by atoms with E-state index in [-0.39, 0.29) is 24.8 Å². The summed E-state index contributed by atoms with van der Waals surface area (Å²) in [5.74, 6) is 0. The Bertz CT molecular complexity index is 790. The molecule has 0 aromatic heterocycles. The summed E-state index contributed by atoms with van der Waals surface area (Å²) in [6.07, 6.45) is 17.5. The van der Waals surface area contributed by atoms with Gasteiger partial charge in [0.2, 0.25) is 0 Å². The van der Waals surface area contributed by atoms with Gasteiger partial charge in [0.25, 0.3) is 0 Å². The van der Waals surface area contributed by atoms with Gasteiger partial charge in [0, 0.05) is 0 Å². The zero-order valence-electron chi connectivity index (χ0n) is 15.1. The van der Waals surface area contributed by atoms with Gasteiger partial charge in [-0.3, -0.25) is 6.08 Å². The molecule has 0 saturated heterocycles. The molecule has 0 unspecified atom stereocenters. The predicted molar refractivity (Wildman–Crippen MR) is 118 cm³/mol. The zero-order valence-corrected chi connectivity index (χ0v) is 19.2. The SMILES string of the molecule is Cl.Cl.[C-]1=C(CC2=CC=CC2)C=CC1.[Zr]=[C](c1ccccc1)c1ccccc1. The molecule has 0 bridgehead atoms. The van der Waals surface area contributed by atoms with Crippen LogP contribution in [0.4, 0.5) is 0 Å². The van der Waals surface area contributed by atoms with Gasteiger partial charge in [-0.2, -0.15) is 6.08 Å². The molecule has 0 atom stereocenters. The molecule has 0 spiro atoms. The Morgan fingerprint density at radius 1 is 0.852 bits per heavy atom. The number of rotatable bonds is 4. The summed E-state index contributed by atoms with van der Waals surface area (Å²) in [5, 5.41) is 0. The van der Waals surface area contributed by atoms with Crippen molar-refractivity contribution in [3.8, 4) is 0 Å².